The highest BCUT2D eigenvalue weighted by atomic mass is 35.5. The van der Waals surface area contributed by atoms with Crippen LogP contribution >= 0.6 is 11.6 Å². The zero-order valence-corrected chi connectivity index (χ0v) is 12.7. The Morgan fingerprint density at radius 1 is 1.32 bits per heavy atom. The number of rotatable bonds is 1. The van der Waals surface area contributed by atoms with Crippen molar-refractivity contribution in [1.82, 2.24) is 19.5 Å². The maximum Gasteiger partial charge on any atom is 0.298 e. The van der Waals surface area contributed by atoms with E-state index in [9.17, 15) is 4.39 Å². The van der Waals surface area contributed by atoms with Gasteiger partial charge in [-0.05, 0) is 43.6 Å². The van der Waals surface area contributed by atoms with Crippen molar-refractivity contribution in [2.75, 3.05) is 0 Å². The van der Waals surface area contributed by atoms with Gasteiger partial charge in [0.15, 0.2) is 5.82 Å². The van der Waals surface area contributed by atoms with Crippen molar-refractivity contribution in [2.45, 2.75) is 26.0 Å². The van der Waals surface area contributed by atoms with E-state index in [4.69, 9.17) is 16.3 Å². The summed E-state index contributed by atoms with van der Waals surface area (Å²) < 4.78 is 22.0. The van der Waals surface area contributed by atoms with E-state index in [1.807, 2.05) is 24.5 Å². The fourth-order valence-corrected chi connectivity index (χ4v) is 2.84. The van der Waals surface area contributed by atoms with E-state index in [1.54, 1.807) is 12.3 Å². The fourth-order valence-electron chi connectivity index (χ4n) is 2.69. The molecule has 0 saturated carbocycles. The number of hydrogen-bond donors (Lipinski definition) is 0. The highest BCUT2D eigenvalue weighted by molar-refractivity contribution is 6.28. The average Bonchev–Trinajstić information content (AvgIpc) is 2.91. The van der Waals surface area contributed by atoms with Crippen molar-refractivity contribution >= 4 is 22.6 Å². The third-order valence-electron chi connectivity index (χ3n) is 3.60. The van der Waals surface area contributed by atoms with Gasteiger partial charge >= 0.3 is 0 Å². The molecule has 112 valence electrons. The Balaban J connectivity index is 1.93. The smallest absolute Gasteiger partial charge is 0.298 e. The van der Waals surface area contributed by atoms with Crippen molar-refractivity contribution in [3.63, 3.8) is 0 Å². The van der Waals surface area contributed by atoms with Gasteiger partial charge in [-0.15, -0.1) is 0 Å². The molecule has 0 bridgehead atoms. The number of ether oxygens (including phenoxy) is 1. The molecule has 7 heteroatoms. The Morgan fingerprint density at radius 2 is 2.14 bits per heavy atom. The molecule has 0 saturated heterocycles. The lowest BCUT2D eigenvalue weighted by molar-refractivity contribution is 0.131. The van der Waals surface area contributed by atoms with Crippen molar-refractivity contribution in [3.8, 4) is 17.3 Å². The van der Waals surface area contributed by atoms with Crippen LogP contribution < -0.4 is 4.74 Å². The first-order valence-corrected chi connectivity index (χ1v) is 7.18. The SMILES string of the molecule is CC1(C)Cn2c(nc3c(F)cc(-c4ccnc(Cl)n4)cc32)O1. The van der Waals surface area contributed by atoms with E-state index >= 15 is 0 Å². The topological polar surface area (TPSA) is 52.8 Å². The molecule has 3 aromatic rings. The van der Waals surface area contributed by atoms with Crippen LogP contribution in [-0.2, 0) is 6.54 Å². The van der Waals surface area contributed by atoms with Gasteiger partial charge < -0.3 is 4.74 Å². The molecule has 3 heterocycles. The van der Waals surface area contributed by atoms with Crippen molar-refractivity contribution < 1.29 is 9.13 Å². The zero-order valence-electron chi connectivity index (χ0n) is 12.0. The number of nitrogens with zero attached hydrogens (tertiary/aromatic N) is 4. The molecule has 0 amide bonds. The van der Waals surface area contributed by atoms with Crippen molar-refractivity contribution in [2.24, 2.45) is 0 Å². The Kier molecular flexibility index (Phi) is 2.69. The number of hydrogen-bond acceptors (Lipinski definition) is 4. The molecule has 5 nitrogen and oxygen atoms in total. The molecule has 0 N–H and O–H groups in total. The lowest BCUT2D eigenvalue weighted by Gasteiger charge is -2.15. The summed E-state index contributed by atoms with van der Waals surface area (Å²) in [5, 5.41) is 0.126. The predicted molar refractivity (Wildman–Crippen MR) is 80.4 cm³/mol. The molecule has 0 radical (unpaired) electrons. The predicted octanol–water partition coefficient (Wildman–Crippen LogP) is 3.46. The van der Waals surface area contributed by atoms with E-state index in [0.29, 0.717) is 34.8 Å². The number of imidazole rings is 1. The number of halogens is 2. The van der Waals surface area contributed by atoms with Gasteiger partial charge in [0.25, 0.3) is 6.01 Å². The van der Waals surface area contributed by atoms with E-state index in [1.165, 1.54) is 6.07 Å². The van der Waals surface area contributed by atoms with Gasteiger partial charge in [0.1, 0.15) is 11.1 Å². The maximum absolute atomic E-state index is 14.4. The number of benzene rings is 1. The van der Waals surface area contributed by atoms with Crippen LogP contribution in [0.1, 0.15) is 13.8 Å². The lowest BCUT2D eigenvalue weighted by Crippen LogP contribution is -2.26. The van der Waals surface area contributed by atoms with Crippen LogP contribution in [0.4, 0.5) is 4.39 Å². The molecular weight excluding hydrogens is 307 g/mol. The summed E-state index contributed by atoms with van der Waals surface area (Å²) in [6.45, 7) is 4.56. The normalized spacial score (nSPS) is 15.8. The second kappa shape index (κ2) is 4.39. The van der Waals surface area contributed by atoms with Crippen molar-refractivity contribution in [1.29, 1.82) is 0 Å². The molecule has 1 aliphatic heterocycles. The largest absolute Gasteiger partial charge is 0.457 e. The lowest BCUT2D eigenvalue weighted by atomic mass is 10.1. The average molecular weight is 319 g/mol. The minimum absolute atomic E-state index is 0.126. The first-order valence-electron chi connectivity index (χ1n) is 6.81. The standard InChI is InChI=1S/C15H12ClFN4O/c1-15(2)7-21-11-6-8(10-3-4-18-13(16)19-10)5-9(17)12(11)20-14(21)22-15/h3-6H,7H2,1-2H3. The molecule has 1 aromatic carbocycles. The van der Waals surface area contributed by atoms with Crippen LogP contribution in [0.15, 0.2) is 24.4 Å². The summed E-state index contributed by atoms with van der Waals surface area (Å²) in [7, 11) is 0. The van der Waals surface area contributed by atoms with Crippen LogP contribution in [0.25, 0.3) is 22.3 Å². The molecular formula is C15H12ClFN4O. The Hall–Kier alpha value is -2.21. The highest BCUT2D eigenvalue weighted by Gasteiger charge is 2.33. The summed E-state index contributed by atoms with van der Waals surface area (Å²) in [5.41, 5.74) is 1.83. The molecule has 22 heavy (non-hydrogen) atoms. The first kappa shape index (κ1) is 13.5. The summed E-state index contributed by atoms with van der Waals surface area (Å²) in [4.78, 5) is 12.2. The minimum atomic E-state index is -0.412. The van der Waals surface area contributed by atoms with Gasteiger partial charge in [-0.1, -0.05) is 0 Å². The minimum Gasteiger partial charge on any atom is -0.457 e. The molecule has 4 rings (SSSR count). The molecule has 0 unspecified atom stereocenters. The van der Waals surface area contributed by atoms with E-state index in [2.05, 4.69) is 15.0 Å². The van der Waals surface area contributed by atoms with Crippen LogP contribution in [0.3, 0.4) is 0 Å². The van der Waals surface area contributed by atoms with Crippen LogP contribution in [0, 0.1) is 5.82 Å². The Morgan fingerprint density at radius 3 is 2.91 bits per heavy atom. The van der Waals surface area contributed by atoms with Gasteiger partial charge in [0.05, 0.1) is 17.8 Å². The zero-order chi connectivity index (χ0) is 15.5. The maximum atomic E-state index is 14.4. The molecule has 0 spiro atoms. The second-order valence-corrected chi connectivity index (χ2v) is 6.22. The van der Waals surface area contributed by atoms with Gasteiger partial charge in [0, 0.05) is 11.8 Å². The van der Waals surface area contributed by atoms with Gasteiger partial charge in [0.2, 0.25) is 5.28 Å². The third-order valence-corrected chi connectivity index (χ3v) is 3.78. The quantitative estimate of drug-likeness (QED) is 0.645. The van der Waals surface area contributed by atoms with Gasteiger partial charge in [-0.2, -0.15) is 4.98 Å². The summed E-state index contributed by atoms with van der Waals surface area (Å²) >= 11 is 5.81. The molecule has 1 aliphatic rings. The monoisotopic (exact) mass is 318 g/mol. The van der Waals surface area contributed by atoms with E-state index < -0.39 is 5.82 Å². The Labute approximate surface area is 130 Å². The Bertz CT molecular complexity index is 906. The van der Waals surface area contributed by atoms with Gasteiger partial charge in [-0.3, -0.25) is 4.57 Å². The second-order valence-electron chi connectivity index (χ2n) is 5.88. The van der Waals surface area contributed by atoms with Crippen LogP contribution in [-0.4, -0.2) is 25.1 Å². The fraction of sp³-hybridized carbons (Fsp3) is 0.267. The third kappa shape index (κ3) is 2.02. The highest BCUT2D eigenvalue weighted by Crippen LogP contribution is 2.35. The first-order chi connectivity index (χ1) is 10.4. The summed E-state index contributed by atoms with van der Waals surface area (Å²) in [5.74, 6) is -0.412. The molecule has 0 aliphatic carbocycles. The van der Waals surface area contributed by atoms with Crippen LogP contribution in [0.2, 0.25) is 5.28 Å². The number of fused-ring (bicyclic) bond motifs is 3. The summed E-state index contributed by atoms with van der Waals surface area (Å²) in [6.07, 6.45) is 1.54. The van der Waals surface area contributed by atoms with E-state index in [0.717, 1.165) is 0 Å². The molecule has 0 fully saturated rings. The van der Waals surface area contributed by atoms with Gasteiger partial charge in [-0.25, -0.2) is 14.4 Å². The number of aromatic nitrogens is 4. The van der Waals surface area contributed by atoms with Crippen molar-refractivity contribution in [3.05, 3.63) is 35.5 Å². The van der Waals surface area contributed by atoms with Crippen LogP contribution in [0.5, 0.6) is 6.01 Å². The van der Waals surface area contributed by atoms with E-state index in [-0.39, 0.29) is 10.9 Å². The molecule has 0 atom stereocenters. The molecule has 2 aromatic heterocycles. The summed E-state index contributed by atoms with van der Waals surface area (Å²) in [6, 6.07) is 5.37.